The Kier molecular flexibility index (Phi) is 9.05. The summed E-state index contributed by atoms with van der Waals surface area (Å²) in [5.41, 5.74) is 0. The van der Waals surface area contributed by atoms with Crippen molar-refractivity contribution in [2.24, 2.45) is 11.8 Å². The number of ether oxygens (including phenoxy) is 2. The highest BCUT2D eigenvalue weighted by atomic mass is 16.7. The number of carboxylic acids is 1. The molecule has 1 aliphatic carbocycles. The Morgan fingerprint density at radius 1 is 1.35 bits per heavy atom. The highest BCUT2D eigenvalue weighted by molar-refractivity contribution is 5.67. The summed E-state index contributed by atoms with van der Waals surface area (Å²) in [5, 5.41) is 29.7. The third-order valence-electron chi connectivity index (χ3n) is 5.48. The Morgan fingerprint density at radius 2 is 2.15 bits per heavy atom. The predicted molar refractivity (Wildman–Crippen MR) is 97.6 cm³/mol. The average Bonchev–Trinajstić information content (AvgIpc) is 2.88. The van der Waals surface area contributed by atoms with E-state index in [1.165, 1.54) is 0 Å². The fourth-order valence-corrected chi connectivity index (χ4v) is 4.09. The fourth-order valence-electron chi connectivity index (χ4n) is 4.09. The van der Waals surface area contributed by atoms with E-state index in [9.17, 15) is 20.1 Å². The van der Waals surface area contributed by atoms with Crippen LogP contribution < -0.4 is 0 Å². The average molecular weight is 370 g/mol. The van der Waals surface area contributed by atoms with E-state index in [0.29, 0.717) is 25.9 Å². The molecule has 0 aromatic rings. The fraction of sp³-hybridized carbons (Fsp3) is 0.850. The lowest BCUT2D eigenvalue weighted by Gasteiger charge is -2.30. The normalized spacial score (nSPS) is 33.6. The highest BCUT2D eigenvalue weighted by Gasteiger charge is 2.44. The number of carboxylic acid groups (broad SMARTS) is 1. The van der Waals surface area contributed by atoms with Crippen molar-refractivity contribution in [3.63, 3.8) is 0 Å². The molecule has 1 heterocycles. The van der Waals surface area contributed by atoms with Crippen LogP contribution in [0.2, 0.25) is 0 Å². The van der Waals surface area contributed by atoms with E-state index in [0.717, 1.165) is 32.1 Å². The monoisotopic (exact) mass is 370 g/mol. The van der Waals surface area contributed by atoms with Gasteiger partial charge in [0.15, 0.2) is 6.29 Å². The number of rotatable bonds is 10. The Bertz CT molecular complexity index is 446. The van der Waals surface area contributed by atoms with E-state index in [1.807, 2.05) is 6.08 Å². The van der Waals surface area contributed by atoms with Crippen LogP contribution >= 0.6 is 0 Å². The number of carbonyl (C=O) groups is 1. The molecular formula is C20H34O6. The topological polar surface area (TPSA) is 96.2 Å². The number of hydrogen-bond donors (Lipinski definition) is 3. The summed E-state index contributed by atoms with van der Waals surface area (Å²) < 4.78 is 11.8. The zero-order chi connectivity index (χ0) is 18.9. The van der Waals surface area contributed by atoms with E-state index >= 15 is 0 Å². The van der Waals surface area contributed by atoms with Crippen molar-refractivity contribution in [3.05, 3.63) is 12.2 Å². The van der Waals surface area contributed by atoms with Crippen LogP contribution in [-0.4, -0.2) is 52.5 Å². The molecule has 0 bridgehead atoms. The number of hydrogen-bond acceptors (Lipinski definition) is 5. The molecule has 2 rings (SSSR count). The van der Waals surface area contributed by atoms with Crippen LogP contribution in [0.4, 0.5) is 0 Å². The van der Waals surface area contributed by atoms with Crippen molar-refractivity contribution in [3.8, 4) is 0 Å². The van der Waals surface area contributed by atoms with Crippen molar-refractivity contribution >= 4 is 5.97 Å². The van der Waals surface area contributed by atoms with E-state index in [4.69, 9.17) is 9.47 Å². The second-order valence-electron chi connectivity index (χ2n) is 7.56. The first-order valence-corrected chi connectivity index (χ1v) is 10.0. The summed E-state index contributed by atoms with van der Waals surface area (Å²) in [6.07, 6.45) is 8.52. The van der Waals surface area contributed by atoms with Crippen LogP contribution in [0.15, 0.2) is 12.2 Å². The second kappa shape index (κ2) is 11.0. The molecule has 0 aromatic heterocycles. The van der Waals surface area contributed by atoms with Gasteiger partial charge in [0.1, 0.15) is 0 Å². The molecule has 1 saturated carbocycles. The Balaban J connectivity index is 1.96. The lowest BCUT2D eigenvalue weighted by Crippen LogP contribution is -2.32. The smallest absolute Gasteiger partial charge is 0.303 e. The summed E-state index contributed by atoms with van der Waals surface area (Å²) in [6.45, 7) is 2.77. The Morgan fingerprint density at radius 3 is 2.81 bits per heavy atom. The molecule has 6 heteroatoms. The number of allylic oxidation sites excluding steroid dienone is 1. The largest absolute Gasteiger partial charge is 0.481 e. The van der Waals surface area contributed by atoms with Gasteiger partial charge >= 0.3 is 5.97 Å². The molecule has 0 amide bonds. The van der Waals surface area contributed by atoms with Crippen LogP contribution in [0.1, 0.15) is 64.7 Å². The van der Waals surface area contributed by atoms with E-state index in [1.54, 1.807) is 6.08 Å². The molecule has 150 valence electrons. The molecule has 2 aliphatic rings. The van der Waals surface area contributed by atoms with Gasteiger partial charge in [-0.25, -0.2) is 0 Å². The summed E-state index contributed by atoms with van der Waals surface area (Å²) in [6, 6.07) is 0. The van der Waals surface area contributed by atoms with E-state index < -0.39 is 18.2 Å². The minimum atomic E-state index is -0.906. The van der Waals surface area contributed by atoms with Gasteiger partial charge in [0.25, 0.3) is 0 Å². The second-order valence-corrected chi connectivity index (χ2v) is 7.56. The standard InChI is InChI=1S/C20H34O6/c1-2-3-4-7-14(21)9-10-15-16(12-19(23)24)17(22)13-18(15)26-20-8-5-6-11-25-20/h4,7,14-18,20-22H,2-3,5-6,8-13H2,1H3,(H,23,24)/t14?,15-,16-,17+,18-,20?/m1/s1. The Hall–Kier alpha value is -0.950. The number of unbranched alkanes of at least 4 members (excludes halogenated alkanes) is 1. The third kappa shape index (κ3) is 6.65. The maximum Gasteiger partial charge on any atom is 0.303 e. The van der Waals surface area contributed by atoms with Gasteiger partial charge in [-0.1, -0.05) is 25.5 Å². The van der Waals surface area contributed by atoms with Crippen molar-refractivity contribution in [2.75, 3.05) is 6.61 Å². The van der Waals surface area contributed by atoms with Gasteiger partial charge in [-0.3, -0.25) is 4.79 Å². The Labute approximate surface area is 156 Å². The van der Waals surface area contributed by atoms with Crippen LogP contribution in [-0.2, 0) is 14.3 Å². The van der Waals surface area contributed by atoms with Crippen LogP contribution in [0.3, 0.4) is 0 Å². The van der Waals surface area contributed by atoms with Crippen LogP contribution in [0, 0.1) is 11.8 Å². The molecule has 6 atom stereocenters. The number of aliphatic hydroxyl groups is 2. The molecule has 1 aliphatic heterocycles. The van der Waals surface area contributed by atoms with E-state index in [-0.39, 0.29) is 30.7 Å². The van der Waals surface area contributed by atoms with Gasteiger partial charge in [0.2, 0.25) is 0 Å². The molecule has 0 spiro atoms. The molecule has 0 radical (unpaired) electrons. The molecule has 1 saturated heterocycles. The van der Waals surface area contributed by atoms with Crippen LogP contribution in [0.5, 0.6) is 0 Å². The maximum atomic E-state index is 11.2. The first-order valence-electron chi connectivity index (χ1n) is 10.0. The first-order chi connectivity index (χ1) is 12.5. The van der Waals surface area contributed by atoms with Gasteiger partial charge in [-0.2, -0.15) is 0 Å². The van der Waals surface area contributed by atoms with Gasteiger partial charge in [-0.15, -0.1) is 0 Å². The van der Waals surface area contributed by atoms with Crippen molar-refractivity contribution in [1.29, 1.82) is 0 Å². The lowest BCUT2D eigenvalue weighted by atomic mass is 9.86. The number of aliphatic hydroxyl groups excluding tert-OH is 2. The third-order valence-corrected chi connectivity index (χ3v) is 5.48. The van der Waals surface area contributed by atoms with Gasteiger partial charge in [-0.05, 0) is 44.4 Å². The quantitative estimate of drug-likeness (QED) is 0.512. The van der Waals surface area contributed by atoms with Crippen molar-refractivity contribution in [1.82, 2.24) is 0 Å². The van der Waals surface area contributed by atoms with E-state index in [2.05, 4.69) is 6.92 Å². The zero-order valence-corrected chi connectivity index (χ0v) is 15.8. The van der Waals surface area contributed by atoms with Gasteiger partial charge < -0.3 is 24.8 Å². The summed E-state index contributed by atoms with van der Waals surface area (Å²) >= 11 is 0. The predicted octanol–water partition coefficient (Wildman–Crippen LogP) is 2.87. The minimum Gasteiger partial charge on any atom is -0.481 e. The molecule has 26 heavy (non-hydrogen) atoms. The highest BCUT2D eigenvalue weighted by Crippen LogP contribution is 2.41. The van der Waals surface area contributed by atoms with Crippen molar-refractivity contribution in [2.45, 2.75) is 89.3 Å². The molecular weight excluding hydrogens is 336 g/mol. The van der Waals surface area contributed by atoms with Gasteiger partial charge in [0.05, 0.1) is 24.7 Å². The lowest BCUT2D eigenvalue weighted by molar-refractivity contribution is -0.196. The summed E-state index contributed by atoms with van der Waals surface area (Å²) in [4.78, 5) is 11.2. The number of aliphatic carboxylic acids is 1. The molecule has 6 nitrogen and oxygen atoms in total. The molecule has 3 N–H and O–H groups in total. The minimum absolute atomic E-state index is 0.0705. The summed E-state index contributed by atoms with van der Waals surface area (Å²) in [7, 11) is 0. The van der Waals surface area contributed by atoms with Crippen LogP contribution in [0.25, 0.3) is 0 Å². The first kappa shape index (κ1) is 21.4. The van der Waals surface area contributed by atoms with Gasteiger partial charge in [0, 0.05) is 18.9 Å². The molecule has 0 aromatic carbocycles. The molecule has 2 unspecified atom stereocenters. The summed E-state index contributed by atoms with van der Waals surface area (Å²) in [5.74, 6) is -1.33. The van der Waals surface area contributed by atoms with Crippen molar-refractivity contribution < 1.29 is 29.6 Å². The zero-order valence-electron chi connectivity index (χ0n) is 15.8. The maximum absolute atomic E-state index is 11.2. The SMILES string of the molecule is CCCC=CC(O)CC[C@@H]1[C@@H](CC(=O)O)[C@@H](O)C[C@H]1OC1CCCCO1. The molecule has 2 fully saturated rings.